The molecule has 3 heterocycles. The van der Waals surface area contributed by atoms with Gasteiger partial charge in [0.15, 0.2) is 0 Å². The highest BCUT2D eigenvalue weighted by Crippen LogP contribution is 2.25. The highest BCUT2D eigenvalue weighted by Gasteiger charge is 2.23. The van der Waals surface area contributed by atoms with Crippen LogP contribution in [0.1, 0.15) is 11.1 Å². The molecular weight excluding hydrogens is 364 g/mol. The average molecular weight is 388 g/mol. The number of hydrogen-bond acceptors (Lipinski definition) is 8. The minimum atomic E-state index is 0.291. The molecule has 0 radical (unpaired) electrons. The largest absolute Gasteiger partial charge is 0.351 e. The Bertz CT molecular complexity index is 946. The van der Waals surface area contributed by atoms with E-state index in [9.17, 15) is 0 Å². The standard InChI is InChI=1S/C21H24N8/c1-2-4-16-14-18(13-15(16)3-1)25-20-26-19(24-17-5-7-22-8-6-17)27-21(28-20)29-11-9-23-10-12-29/h1-8,18,23H,9-14H2,(H2,22,24,25,26,27,28). The molecule has 1 aliphatic heterocycles. The van der Waals surface area contributed by atoms with Gasteiger partial charge in [0.1, 0.15) is 0 Å². The summed E-state index contributed by atoms with van der Waals surface area (Å²) in [6.45, 7) is 3.62. The van der Waals surface area contributed by atoms with Crippen LogP contribution >= 0.6 is 0 Å². The van der Waals surface area contributed by atoms with Gasteiger partial charge in [-0.1, -0.05) is 24.3 Å². The molecule has 29 heavy (non-hydrogen) atoms. The van der Waals surface area contributed by atoms with E-state index in [1.54, 1.807) is 12.4 Å². The van der Waals surface area contributed by atoms with Gasteiger partial charge >= 0.3 is 0 Å². The first-order valence-corrected chi connectivity index (χ1v) is 10.1. The van der Waals surface area contributed by atoms with Gasteiger partial charge in [-0.2, -0.15) is 15.0 Å². The Morgan fingerprint density at radius 2 is 1.55 bits per heavy atom. The van der Waals surface area contributed by atoms with E-state index in [0.717, 1.165) is 44.7 Å². The van der Waals surface area contributed by atoms with Crippen molar-refractivity contribution in [1.29, 1.82) is 0 Å². The summed E-state index contributed by atoms with van der Waals surface area (Å²) in [7, 11) is 0. The molecule has 2 aromatic heterocycles. The van der Waals surface area contributed by atoms with E-state index in [-0.39, 0.29) is 0 Å². The van der Waals surface area contributed by atoms with Gasteiger partial charge in [0.25, 0.3) is 0 Å². The number of hydrogen-bond donors (Lipinski definition) is 3. The normalized spacial score (nSPS) is 16.5. The molecular formula is C21H24N8. The molecule has 3 aromatic rings. The fourth-order valence-electron chi connectivity index (χ4n) is 3.90. The smallest absolute Gasteiger partial charge is 0.233 e. The zero-order chi connectivity index (χ0) is 19.5. The first kappa shape index (κ1) is 17.8. The maximum Gasteiger partial charge on any atom is 0.233 e. The van der Waals surface area contributed by atoms with Crippen molar-refractivity contribution in [1.82, 2.24) is 25.3 Å². The van der Waals surface area contributed by atoms with E-state index >= 15 is 0 Å². The summed E-state index contributed by atoms with van der Waals surface area (Å²) in [4.78, 5) is 20.3. The van der Waals surface area contributed by atoms with E-state index in [1.165, 1.54) is 11.1 Å². The highest BCUT2D eigenvalue weighted by atomic mass is 15.3. The number of nitrogens with zero attached hydrogens (tertiary/aromatic N) is 5. The molecule has 5 rings (SSSR count). The van der Waals surface area contributed by atoms with Gasteiger partial charge in [0.2, 0.25) is 17.8 Å². The van der Waals surface area contributed by atoms with Crippen LogP contribution in [0.5, 0.6) is 0 Å². The second-order valence-electron chi connectivity index (χ2n) is 7.40. The second kappa shape index (κ2) is 8.00. The lowest BCUT2D eigenvalue weighted by atomic mass is 10.1. The molecule has 3 N–H and O–H groups in total. The molecule has 0 saturated carbocycles. The summed E-state index contributed by atoms with van der Waals surface area (Å²) in [6, 6.07) is 12.7. The fourth-order valence-corrected chi connectivity index (χ4v) is 3.90. The van der Waals surface area contributed by atoms with Gasteiger partial charge in [-0.25, -0.2) is 0 Å². The Morgan fingerprint density at radius 3 is 2.28 bits per heavy atom. The van der Waals surface area contributed by atoms with Crippen LogP contribution in [0, 0.1) is 0 Å². The number of rotatable bonds is 5. The molecule has 0 amide bonds. The van der Waals surface area contributed by atoms with Crippen LogP contribution in [0.3, 0.4) is 0 Å². The molecule has 0 bridgehead atoms. The van der Waals surface area contributed by atoms with Gasteiger partial charge in [0, 0.05) is 50.3 Å². The summed E-state index contributed by atoms with van der Waals surface area (Å²) in [5.41, 5.74) is 3.70. The molecule has 1 aliphatic carbocycles. The van der Waals surface area contributed by atoms with E-state index in [1.807, 2.05) is 12.1 Å². The van der Waals surface area contributed by atoms with Crippen LogP contribution in [-0.2, 0) is 12.8 Å². The number of benzene rings is 1. The van der Waals surface area contributed by atoms with Crippen molar-refractivity contribution >= 4 is 23.5 Å². The van der Waals surface area contributed by atoms with E-state index in [0.29, 0.717) is 23.9 Å². The maximum atomic E-state index is 4.74. The maximum absolute atomic E-state index is 4.74. The summed E-state index contributed by atoms with van der Waals surface area (Å²) < 4.78 is 0. The van der Waals surface area contributed by atoms with Gasteiger partial charge in [-0.15, -0.1) is 0 Å². The van der Waals surface area contributed by atoms with Crippen molar-refractivity contribution < 1.29 is 0 Å². The number of pyridine rings is 1. The average Bonchev–Trinajstić information content (AvgIpc) is 3.17. The van der Waals surface area contributed by atoms with Crippen LogP contribution in [0.15, 0.2) is 48.8 Å². The molecule has 0 spiro atoms. The number of piperazine rings is 1. The van der Waals surface area contributed by atoms with E-state index in [4.69, 9.17) is 4.98 Å². The van der Waals surface area contributed by atoms with Crippen molar-refractivity contribution in [3.8, 4) is 0 Å². The Hall–Kier alpha value is -3.26. The Kier molecular flexibility index (Phi) is 4.92. The molecule has 2 aliphatic rings. The van der Waals surface area contributed by atoms with E-state index < -0.39 is 0 Å². The van der Waals surface area contributed by atoms with Crippen molar-refractivity contribution in [2.45, 2.75) is 18.9 Å². The van der Waals surface area contributed by atoms with Crippen LogP contribution in [-0.4, -0.2) is 52.2 Å². The van der Waals surface area contributed by atoms with E-state index in [2.05, 4.69) is 60.1 Å². The number of fused-ring (bicyclic) bond motifs is 1. The third kappa shape index (κ3) is 4.12. The zero-order valence-corrected chi connectivity index (χ0v) is 16.2. The predicted molar refractivity (Wildman–Crippen MR) is 114 cm³/mol. The summed E-state index contributed by atoms with van der Waals surface area (Å²) in [5, 5.41) is 10.2. The minimum Gasteiger partial charge on any atom is -0.351 e. The van der Waals surface area contributed by atoms with Gasteiger partial charge < -0.3 is 20.9 Å². The molecule has 1 saturated heterocycles. The van der Waals surface area contributed by atoms with Gasteiger partial charge in [-0.3, -0.25) is 4.98 Å². The number of aromatic nitrogens is 4. The second-order valence-corrected chi connectivity index (χ2v) is 7.40. The summed E-state index contributed by atoms with van der Waals surface area (Å²) >= 11 is 0. The lowest BCUT2D eigenvalue weighted by Crippen LogP contribution is -2.44. The zero-order valence-electron chi connectivity index (χ0n) is 16.2. The lowest BCUT2D eigenvalue weighted by molar-refractivity contribution is 0.579. The molecule has 0 atom stereocenters. The van der Waals surface area contributed by atoms with Crippen LogP contribution in [0.2, 0.25) is 0 Å². The predicted octanol–water partition coefficient (Wildman–Crippen LogP) is 2.00. The molecule has 1 aromatic carbocycles. The van der Waals surface area contributed by atoms with Gasteiger partial charge in [-0.05, 0) is 36.1 Å². The minimum absolute atomic E-state index is 0.291. The topological polar surface area (TPSA) is 90.9 Å². The Morgan fingerprint density at radius 1 is 0.862 bits per heavy atom. The van der Waals surface area contributed by atoms with Crippen molar-refractivity contribution in [3.05, 3.63) is 59.9 Å². The first-order chi connectivity index (χ1) is 14.3. The molecule has 1 fully saturated rings. The fraction of sp³-hybridized carbons (Fsp3) is 0.333. The van der Waals surface area contributed by atoms with Crippen LogP contribution in [0.25, 0.3) is 0 Å². The van der Waals surface area contributed by atoms with Crippen molar-refractivity contribution in [2.75, 3.05) is 41.7 Å². The lowest BCUT2D eigenvalue weighted by Gasteiger charge is -2.28. The molecule has 148 valence electrons. The Balaban J connectivity index is 1.40. The quantitative estimate of drug-likeness (QED) is 0.611. The monoisotopic (exact) mass is 388 g/mol. The van der Waals surface area contributed by atoms with Crippen molar-refractivity contribution in [2.24, 2.45) is 0 Å². The third-order valence-corrected chi connectivity index (χ3v) is 5.34. The van der Waals surface area contributed by atoms with Crippen LogP contribution in [0.4, 0.5) is 23.5 Å². The third-order valence-electron chi connectivity index (χ3n) is 5.34. The molecule has 8 heteroatoms. The number of anilines is 4. The first-order valence-electron chi connectivity index (χ1n) is 10.1. The summed E-state index contributed by atoms with van der Waals surface area (Å²) in [6.07, 6.45) is 5.46. The Labute approximate surface area is 169 Å². The van der Waals surface area contributed by atoms with Gasteiger partial charge in [0.05, 0.1) is 0 Å². The van der Waals surface area contributed by atoms with Crippen LogP contribution < -0.4 is 20.9 Å². The van der Waals surface area contributed by atoms with Crippen molar-refractivity contribution in [3.63, 3.8) is 0 Å². The summed E-state index contributed by atoms with van der Waals surface area (Å²) in [5.74, 6) is 1.86. The highest BCUT2D eigenvalue weighted by molar-refractivity contribution is 5.55. The molecule has 0 unspecified atom stereocenters. The SMILES string of the molecule is c1ccc2c(c1)CC(Nc1nc(Nc3ccncc3)nc(N3CCNCC3)n1)C2. The number of nitrogens with one attached hydrogen (secondary N) is 3. The molecule has 8 nitrogen and oxygen atoms in total.